The number of nitrogens with zero attached hydrogens (tertiary/aromatic N) is 1. The molecule has 6 nitrogen and oxygen atoms in total. The van der Waals surface area contributed by atoms with Gasteiger partial charge in [0.05, 0.1) is 6.54 Å². The zero-order valence-electron chi connectivity index (χ0n) is 14.0. The molecule has 0 saturated carbocycles. The first kappa shape index (κ1) is 16.8. The van der Waals surface area contributed by atoms with Crippen molar-refractivity contribution < 1.29 is 9.59 Å². The maximum Gasteiger partial charge on any atom is 0.318 e. The van der Waals surface area contributed by atoms with Gasteiger partial charge >= 0.3 is 6.03 Å². The average molecular weight is 330 g/mol. The average Bonchev–Trinajstić information content (AvgIpc) is 3.12. The number of urea groups is 1. The highest BCUT2D eigenvalue weighted by Gasteiger charge is 2.20. The van der Waals surface area contributed by atoms with Crippen LogP contribution in [-0.4, -0.2) is 49.6 Å². The van der Waals surface area contributed by atoms with E-state index < -0.39 is 0 Å². The summed E-state index contributed by atoms with van der Waals surface area (Å²) in [6.45, 7) is 4.15. The molecule has 1 aromatic carbocycles. The summed E-state index contributed by atoms with van der Waals surface area (Å²) >= 11 is 0. The lowest BCUT2D eigenvalue weighted by molar-refractivity contribution is -0.120. The minimum Gasteiger partial charge on any atom is -0.355 e. The van der Waals surface area contributed by atoms with Crippen molar-refractivity contribution in [1.29, 1.82) is 0 Å². The van der Waals surface area contributed by atoms with Gasteiger partial charge in [-0.1, -0.05) is 24.3 Å². The number of nitrogens with one attached hydrogen (secondary N) is 3. The maximum atomic E-state index is 12.2. The van der Waals surface area contributed by atoms with Crippen LogP contribution in [0.5, 0.6) is 0 Å². The highest BCUT2D eigenvalue weighted by atomic mass is 16.2. The van der Waals surface area contributed by atoms with Gasteiger partial charge in [0.1, 0.15) is 0 Å². The van der Waals surface area contributed by atoms with E-state index >= 15 is 0 Å². The van der Waals surface area contributed by atoms with Crippen molar-refractivity contribution >= 4 is 11.9 Å². The molecule has 1 saturated heterocycles. The largest absolute Gasteiger partial charge is 0.355 e. The third kappa shape index (κ3) is 4.47. The van der Waals surface area contributed by atoms with Crippen LogP contribution in [0, 0.1) is 5.92 Å². The molecule has 2 aliphatic rings. The van der Waals surface area contributed by atoms with Crippen molar-refractivity contribution in [1.82, 2.24) is 20.9 Å². The predicted octanol–water partition coefficient (Wildman–Crippen LogP) is 0.870. The number of carbonyl (C=O) groups is 2. The number of fused-ring (bicyclic) bond motifs is 1. The van der Waals surface area contributed by atoms with E-state index in [1.165, 1.54) is 17.5 Å². The molecule has 0 spiro atoms. The smallest absolute Gasteiger partial charge is 0.318 e. The zero-order chi connectivity index (χ0) is 16.8. The fraction of sp³-hybridized carbons (Fsp3) is 0.556. The van der Waals surface area contributed by atoms with Crippen LogP contribution in [0.2, 0.25) is 0 Å². The van der Waals surface area contributed by atoms with E-state index in [4.69, 9.17) is 0 Å². The zero-order valence-corrected chi connectivity index (χ0v) is 14.0. The third-order valence-electron chi connectivity index (χ3n) is 4.86. The summed E-state index contributed by atoms with van der Waals surface area (Å²) in [7, 11) is 0. The molecular formula is C18H26N4O2. The lowest BCUT2D eigenvalue weighted by Crippen LogP contribution is -2.46. The van der Waals surface area contributed by atoms with Gasteiger partial charge in [-0.2, -0.15) is 0 Å². The van der Waals surface area contributed by atoms with Crippen molar-refractivity contribution in [2.45, 2.75) is 25.8 Å². The fourth-order valence-corrected chi connectivity index (χ4v) is 3.38. The Balaban J connectivity index is 1.35. The van der Waals surface area contributed by atoms with Crippen LogP contribution in [-0.2, 0) is 17.8 Å². The lowest BCUT2D eigenvalue weighted by atomic mass is 10.0. The van der Waals surface area contributed by atoms with Crippen LogP contribution in [0.15, 0.2) is 24.3 Å². The maximum absolute atomic E-state index is 12.2. The van der Waals surface area contributed by atoms with Crippen LogP contribution in [0.3, 0.4) is 0 Å². The van der Waals surface area contributed by atoms with Gasteiger partial charge in [-0.15, -0.1) is 0 Å². The van der Waals surface area contributed by atoms with Gasteiger partial charge in [0, 0.05) is 19.6 Å². The van der Waals surface area contributed by atoms with Gasteiger partial charge in [0.15, 0.2) is 0 Å². The van der Waals surface area contributed by atoms with Crippen molar-refractivity contribution in [3.63, 3.8) is 0 Å². The Kier molecular flexibility index (Phi) is 5.69. The number of rotatable bonds is 5. The van der Waals surface area contributed by atoms with Crippen LogP contribution < -0.4 is 16.0 Å². The first-order chi connectivity index (χ1) is 11.7. The van der Waals surface area contributed by atoms with E-state index in [1.807, 2.05) is 12.1 Å². The predicted molar refractivity (Wildman–Crippen MR) is 92.6 cm³/mol. The normalized spacial score (nSPS) is 19.7. The molecule has 0 radical (unpaired) electrons. The minimum atomic E-state index is -0.167. The van der Waals surface area contributed by atoms with Gasteiger partial charge in [0.2, 0.25) is 5.91 Å². The SMILES string of the molecule is O=C(CNC(=O)N1CCc2ccccc2C1)NCCC1CCNC1. The molecule has 0 aromatic heterocycles. The Morgan fingerprint density at radius 3 is 2.83 bits per heavy atom. The second kappa shape index (κ2) is 8.15. The Bertz CT molecular complexity index is 584. The van der Waals surface area contributed by atoms with Crippen molar-refractivity contribution in [2.75, 3.05) is 32.7 Å². The highest BCUT2D eigenvalue weighted by Crippen LogP contribution is 2.18. The quantitative estimate of drug-likeness (QED) is 0.750. The van der Waals surface area contributed by atoms with Crippen molar-refractivity contribution in [2.24, 2.45) is 5.92 Å². The molecule has 2 heterocycles. The molecule has 1 atom stereocenters. The summed E-state index contributed by atoms with van der Waals surface area (Å²) in [6, 6.07) is 8.02. The summed E-state index contributed by atoms with van der Waals surface area (Å²) in [4.78, 5) is 25.8. The molecular weight excluding hydrogens is 304 g/mol. The Labute approximate surface area is 143 Å². The first-order valence-corrected chi connectivity index (χ1v) is 8.79. The molecule has 2 aliphatic heterocycles. The second-order valence-electron chi connectivity index (χ2n) is 6.60. The lowest BCUT2D eigenvalue weighted by Gasteiger charge is -2.28. The molecule has 1 fully saturated rings. The molecule has 6 heteroatoms. The molecule has 3 N–H and O–H groups in total. The van der Waals surface area contributed by atoms with Gasteiger partial charge in [-0.05, 0) is 49.4 Å². The Hall–Kier alpha value is -2.08. The highest BCUT2D eigenvalue weighted by molar-refractivity contribution is 5.84. The topological polar surface area (TPSA) is 73.5 Å². The molecule has 1 unspecified atom stereocenters. The monoisotopic (exact) mass is 330 g/mol. The van der Waals surface area contributed by atoms with Crippen molar-refractivity contribution in [3.05, 3.63) is 35.4 Å². The molecule has 24 heavy (non-hydrogen) atoms. The minimum absolute atomic E-state index is 0.0416. The van der Waals surface area contributed by atoms with Crippen LogP contribution in [0.25, 0.3) is 0 Å². The molecule has 1 aromatic rings. The van der Waals surface area contributed by atoms with E-state index in [-0.39, 0.29) is 18.5 Å². The van der Waals surface area contributed by atoms with Crippen LogP contribution in [0.4, 0.5) is 4.79 Å². The van der Waals surface area contributed by atoms with Gasteiger partial charge in [-0.3, -0.25) is 4.79 Å². The van der Waals surface area contributed by atoms with Gasteiger partial charge in [0.25, 0.3) is 0 Å². The van der Waals surface area contributed by atoms with E-state index in [9.17, 15) is 9.59 Å². The number of benzene rings is 1. The van der Waals surface area contributed by atoms with E-state index in [1.54, 1.807) is 4.90 Å². The van der Waals surface area contributed by atoms with Crippen LogP contribution in [0.1, 0.15) is 24.0 Å². The molecule has 0 bridgehead atoms. The standard InChI is InChI=1S/C18H26N4O2/c23-17(20-9-6-14-5-8-19-11-14)12-21-18(24)22-10-7-15-3-1-2-4-16(15)13-22/h1-4,14,19H,5-13H2,(H,20,23)(H,21,24). The Morgan fingerprint density at radius 2 is 2.04 bits per heavy atom. The van der Waals surface area contributed by atoms with Crippen molar-refractivity contribution in [3.8, 4) is 0 Å². The second-order valence-corrected chi connectivity index (χ2v) is 6.60. The molecule has 3 rings (SSSR count). The third-order valence-corrected chi connectivity index (χ3v) is 4.86. The van der Waals surface area contributed by atoms with Gasteiger partial charge < -0.3 is 20.9 Å². The fourth-order valence-electron chi connectivity index (χ4n) is 3.38. The number of amides is 3. The van der Waals surface area contributed by atoms with E-state index in [2.05, 4.69) is 28.1 Å². The molecule has 0 aliphatic carbocycles. The van der Waals surface area contributed by atoms with Gasteiger partial charge in [-0.25, -0.2) is 4.79 Å². The summed E-state index contributed by atoms with van der Waals surface area (Å²) in [6.07, 6.45) is 3.05. The summed E-state index contributed by atoms with van der Waals surface area (Å²) < 4.78 is 0. The summed E-state index contributed by atoms with van der Waals surface area (Å²) in [5.41, 5.74) is 2.49. The number of hydrogen-bond acceptors (Lipinski definition) is 3. The van der Waals surface area contributed by atoms with Crippen LogP contribution >= 0.6 is 0 Å². The van der Waals surface area contributed by atoms with E-state index in [0.29, 0.717) is 25.6 Å². The summed E-state index contributed by atoms with van der Waals surface area (Å²) in [5.74, 6) is 0.542. The number of hydrogen-bond donors (Lipinski definition) is 3. The molecule has 130 valence electrons. The first-order valence-electron chi connectivity index (χ1n) is 8.79. The number of carbonyl (C=O) groups excluding carboxylic acids is 2. The summed E-state index contributed by atoms with van der Waals surface area (Å²) in [5, 5.41) is 8.93. The van der Waals surface area contributed by atoms with E-state index in [0.717, 1.165) is 25.9 Å². The molecule has 3 amide bonds. The Morgan fingerprint density at radius 1 is 1.21 bits per heavy atom.